The second kappa shape index (κ2) is 4.33. The van der Waals surface area contributed by atoms with Gasteiger partial charge in [-0.25, -0.2) is 4.98 Å². The Hall–Kier alpha value is -1.58. The molecule has 0 aliphatic heterocycles. The molecule has 1 aromatic rings. The number of nitrogens with two attached hydrogens (primary N) is 1. The van der Waals surface area contributed by atoms with E-state index >= 15 is 0 Å². The average molecular weight is 168 g/mol. The van der Waals surface area contributed by atoms with E-state index in [1.54, 1.807) is 12.1 Å². The first-order valence-electron chi connectivity index (χ1n) is 3.04. The third kappa shape index (κ3) is 1.95. The van der Waals surface area contributed by atoms with E-state index in [0.717, 1.165) is 0 Å². The van der Waals surface area contributed by atoms with Crippen LogP contribution in [0, 0.1) is 0 Å². The number of carbonyl (C=O) groups excluding carboxylic acids is 1. The third-order valence-electron chi connectivity index (χ3n) is 1.23. The first-order valence-corrected chi connectivity index (χ1v) is 3.04. The van der Waals surface area contributed by atoms with Crippen molar-refractivity contribution in [3.63, 3.8) is 0 Å². The molecule has 12 heavy (non-hydrogen) atoms. The molecule has 0 radical (unpaired) electrons. The van der Waals surface area contributed by atoms with Crippen molar-refractivity contribution in [3.8, 4) is 5.88 Å². The molecule has 66 valence electrons. The molecule has 0 saturated heterocycles. The van der Waals surface area contributed by atoms with Crippen LogP contribution in [0.3, 0.4) is 0 Å². The molecule has 1 heterocycles. The van der Waals surface area contributed by atoms with Crippen molar-refractivity contribution < 1.29 is 9.53 Å². The van der Waals surface area contributed by atoms with Crippen molar-refractivity contribution in [2.45, 2.75) is 7.43 Å². The third-order valence-corrected chi connectivity index (χ3v) is 1.23. The molecule has 0 saturated carbocycles. The largest absolute Gasteiger partial charge is 0.480 e. The Kier molecular flexibility index (Phi) is 3.76. The van der Waals surface area contributed by atoms with Gasteiger partial charge in [0.05, 0.1) is 7.11 Å². The number of primary amides is 1. The van der Waals surface area contributed by atoms with E-state index in [9.17, 15) is 4.79 Å². The minimum absolute atomic E-state index is 0. The van der Waals surface area contributed by atoms with Crippen molar-refractivity contribution in [1.82, 2.24) is 4.98 Å². The molecule has 1 rings (SSSR count). The molecule has 0 spiro atoms. The summed E-state index contributed by atoms with van der Waals surface area (Å²) in [5.74, 6) is -0.269. The Morgan fingerprint density at radius 2 is 2.33 bits per heavy atom. The lowest BCUT2D eigenvalue weighted by Gasteiger charge is -2.01. The first kappa shape index (κ1) is 10.4. The second-order valence-electron chi connectivity index (χ2n) is 1.92. The number of hydrogen-bond donors (Lipinski definition) is 1. The number of methoxy groups -OCH3 is 1. The van der Waals surface area contributed by atoms with Gasteiger partial charge in [0.2, 0.25) is 5.88 Å². The van der Waals surface area contributed by atoms with Crippen molar-refractivity contribution in [3.05, 3.63) is 23.9 Å². The lowest BCUT2D eigenvalue weighted by molar-refractivity contribution is 0.0996. The van der Waals surface area contributed by atoms with Gasteiger partial charge in [0.1, 0.15) is 5.56 Å². The highest BCUT2D eigenvalue weighted by molar-refractivity contribution is 5.94. The minimum Gasteiger partial charge on any atom is -0.480 e. The topological polar surface area (TPSA) is 65.2 Å². The van der Waals surface area contributed by atoms with Crippen LogP contribution in [0.5, 0.6) is 5.88 Å². The van der Waals surface area contributed by atoms with Crippen molar-refractivity contribution >= 4 is 5.91 Å². The molecule has 4 nitrogen and oxygen atoms in total. The van der Waals surface area contributed by atoms with Crippen LogP contribution in [-0.2, 0) is 0 Å². The maximum atomic E-state index is 10.7. The lowest BCUT2D eigenvalue weighted by atomic mass is 10.2. The highest BCUT2D eigenvalue weighted by atomic mass is 16.5. The molecule has 2 N–H and O–H groups in total. The minimum atomic E-state index is -0.532. The van der Waals surface area contributed by atoms with E-state index in [-0.39, 0.29) is 13.3 Å². The van der Waals surface area contributed by atoms with Crippen LogP contribution < -0.4 is 10.5 Å². The van der Waals surface area contributed by atoms with Crippen LogP contribution in [0.15, 0.2) is 18.3 Å². The molecule has 0 atom stereocenters. The van der Waals surface area contributed by atoms with Crippen LogP contribution in [0.2, 0.25) is 0 Å². The molecule has 0 bridgehead atoms. The zero-order chi connectivity index (χ0) is 8.27. The Morgan fingerprint density at radius 3 is 2.75 bits per heavy atom. The van der Waals surface area contributed by atoms with Gasteiger partial charge in [-0.1, -0.05) is 7.43 Å². The molecule has 0 fully saturated rings. The van der Waals surface area contributed by atoms with Crippen molar-refractivity contribution in [2.75, 3.05) is 7.11 Å². The summed E-state index contributed by atoms with van der Waals surface area (Å²) in [6, 6.07) is 3.19. The van der Waals surface area contributed by atoms with Crippen LogP contribution in [0.4, 0.5) is 0 Å². The Bertz CT molecular complexity index is 274. The van der Waals surface area contributed by atoms with Gasteiger partial charge in [-0.15, -0.1) is 0 Å². The molecule has 0 aromatic carbocycles. The predicted molar refractivity (Wildman–Crippen MR) is 46.0 cm³/mol. The summed E-state index contributed by atoms with van der Waals surface area (Å²) in [5, 5.41) is 0. The number of carbonyl (C=O) groups is 1. The van der Waals surface area contributed by atoms with Gasteiger partial charge in [0, 0.05) is 6.20 Å². The molecule has 0 aliphatic carbocycles. The summed E-state index contributed by atoms with van der Waals surface area (Å²) in [6.45, 7) is 0. The monoisotopic (exact) mass is 168 g/mol. The average Bonchev–Trinajstić information content (AvgIpc) is 2.04. The Morgan fingerprint density at radius 1 is 1.67 bits per heavy atom. The Balaban J connectivity index is 0.00000121. The second-order valence-corrected chi connectivity index (χ2v) is 1.92. The molecule has 1 amide bonds. The number of nitrogens with zero attached hydrogens (tertiary/aromatic N) is 1. The number of rotatable bonds is 2. The van der Waals surface area contributed by atoms with Gasteiger partial charge in [-0.2, -0.15) is 0 Å². The number of ether oxygens (including phenoxy) is 1. The maximum Gasteiger partial charge on any atom is 0.254 e. The molecule has 0 aliphatic rings. The van der Waals surface area contributed by atoms with Crippen LogP contribution >= 0.6 is 0 Å². The van der Waals surface area contributed by atoms with Crippen molar-refractivity contribution in [2.24, 2.45) is 5.73 Å². The van der Waals surface area contributed by atoms with E-state index in [1.807, 2.05) is 0 Å². The fraction of sp³-hybridized carbons (Fsp3) is 0.250. The van der Waals surface area contributed by atoms with Gasteiger partial charge in [0.15, 0.2) is 0 Å². The fourth-order valence-corrected chi connectivity index (χ4v) is 0.741. The number of amides is 1. The fourth-order valence-electron chi connectivity index (χ4n) is 0.741. The summed E-state index contributed by atoms with van der Waals surface area (Å²) < 4.78 is 4.79. The van der Waals surface area contributed by atoms with Gasteiger partial charge < -0.3 is 10.5 Å². The van der Waals surface area contributed by atoms with Gasteiger partial charge in [-0.3, -0.25) is 4.79 Å². The van der Waals surface area contributed by atoms with E-state index in [4.69, 9.17) is 10.5 Å². The number of pyridine rings is 1. The van der Waals surface area contributed by atoms with E-state index in [0.29, 0.717) is 5.56 Å². The summed E-state index contributed by atoms with van der Waals surface area (Å²) in [5.41, 5.74) is 5.33. The zero-order valence-corrected chi connectivity index (χ0v) is 6.07. The SMILES string of the molecule is C.COc1ncccc1C(N)=O. The van der Waals surface area contributed by atoms with Gasteiger partial charge in [-0.05, 0) is 12.1 Å². The molecule has 0 unspecified atom stereocenters. The highest BCUT2D eigenvalue weighted by Gasteiger charge is 2.07. The molecule has 4 heteroatoms. The molecule has 1 aromatic heterocycles. The smallest absolute Gasteiger partial charge is 0.254 e. The maximum absolute atomic E-state index is 10.7. The van der Waals surface area contributed by atoms with Crippen LogP contribution in [0.1, 0.15) is 17.8 Å². The standard InChI is InChI=1S/C7H8N2O2.CH4/c1-11-7-5(6(8)10)3-2-4-9-7;/h2-4H,1H3,(H2,8,10);1H4. The quantitative estimate of drug-likeness (QED) is 0.711. The van der Waals surface area contributed by atoms with E-state index in [1.165, 1.54) is 13.3 Å². The summed E-state index contributed by atoms with van der Waals surface area (Å²) in [7, 11) is 1.44. The number of hydrogen-bond acceptors (Lipinski definition) is 3. The highest BCUT2D eigenvalue weighted by Crippen LogP contribution is 2.11. The first-order chi connectivity index (χ1) is 5.25. The van der Waals surface area contributed by atoms with E-state index in [2.05, 4.69) is 4.98 Å². The molecular weight excluding hydrogens is 156 g/mol. The normalized spacial score (nSPS) is 8.42. The van der Waals surface area contributed by atoms with Gasteiger partial charge >= 0.3 is 0 Å². The summed E-state index contributed by atoms with van der Waals surface area (Å²) in [4.78, 5) is 14.5. The van der Waals surface area contributed by atoms with Gasteiger partial charge in [0.25, 0.3) is 5.91 Å². The Labute approximate surface area is 71.4 Å². The predicted octanol–water partition coefficient (Wildman–Crippen LogP) is 0.825. The van der Waals surface area contributed by atoms with Crippen molar-refractivity contribution in [1.29, 1.82) is 0 Å². The summed E-state index contributed by atoms with van der Waals surface area (Å²) >= 11 is 0. The van der Waals surface area contributed by atoms with Crippen LogP contribution in [0.25, 0.3) is 0 Å². The summed E-state index contributed by atoms with van der Waals surface area (Å²) in [6.07, 6.45) is 1.53. The van der Waals surface area contributed by atoms with E-state index < -0.39 is 5.91 Å². The molecular formula is C8H12N2O2. The number of aromatic nitrogens is 1. The van der Waals surface area contributed by atoms with Crippen LogP contribution in [-0.4, -0.2) is 18.0 Å². The lowest BCUT2D eigenvalue weighted by Crippen LogP contribution is -2.12. The zero-order valence-electron chi connectivity index (χ0n) is 6.07.